The van der Waals surface area contributed by atoms with Gasteiger partial charge in [-0.25, -0.2) is 14.6 Å². The number of nitrogens with one attached hydrogen (secondary N) is 1. The highest BCUT2D eigenvalue weighted by atomic mass is 35.5. The Morgan fingerprint density at radius 2 is 1.68 bits per heavy atom. The third-order valence-corrected chi connectivity index (χ3v) is 4.22. The second-order valence-corrected chi connectivity index (χ2v) is 6.73. The first-order valence-electron chi connectivity index (χ1n) is 7.94. The van der Waals surface area contributed by atoms with Crippen molar-refractivity contribution in [2.45, 2.75) is 19.1 Å². The molecule has 148 valence electrons. The van der Waals surface area contributed by atoms with Crippen molar-refractivity contribution in [3.8, 4) is 0 Å². The van der Waals surface area contributed by atoms with Crippen molar-refractivity contribution in [2.75, 3.05) is 5.88 Å². The monoisotopic (exact) mass is 444 g/mol. The fourth-order valence-corrected chi connectivity index (χ4v) is 2.88. The van der Waals surface area contributed by atoms with E-state index in [1.165, 1.54) is 24.3 Å². The highest BCUT2D eigenvalue weighted by Gasteiger charge is 2.23. The quantitative estimate of drug-likeness (QED) is 0.367. The summed E-state index contributed by atoms with van der Waals surface area (Å²) in [5, 5.41) is 11.7. The van der Waals surface area contributed by atoms with Gasteiger partial charge in [-0.1, -0.05) is 35.3 Å². The molecule has 0 saturated heterocycles. The number of alkyl halides is 1. The van der Waals surface area contributed by atoms with E-state index in [-0.39, 0.29) is 34.8 Å². The van der Waals surface area contributed by atoms with Gasteiger partial charge in [0.05, 0.1) is 5.56 Å². The lowest BCUT2D eigenvalue weighted by molar-refractivity contribution is -0.148. The molecule has 28 heavy (non-hydrogen) atoms. The van der Waals surface area contributed by atoms with Gasteiger partial charge in [-0.15, -0.1) is 11.6 Å². The van der Waals surface area contributed by atoms with Gasteiger partial charge >= 0.3 is 11.9 Å². The fraction of sp³-hybridized carbons (Fsp3) is 0.222. The van der Waals surface area contributed by atoms with Gasteiger partial charge in [0.25, 0.3) is 0 Å². The summed E-state index contributed by atoms with van der Waals surface area (Å²) in [5.41, 5.74) is 1.28. The van der Waals surface area contributed by atoms with Crippen molar-refractivity contribution in [2.24, 2.45) is 0 Å². The van der Waals surface area contributed by atoms with Crippen LogP contribution in [-0.4, -0.2) is 39.9 Å². The SMILES string of the molecule is O=C(CCl)N[C@@H](Cc1ccc(C(=O)O)cc1)C(=O)OCc1cc(Cl)nc(Cl)c1. The average Bonchev–Trinajstić information content (AvgIpc) is 2.65. The van der Waals surface area contributed by atoms with E-state index in [9.17, 15) is 14.4 Å². The van der Waals surface area contributed by atoms with Gasteiger partial charge in [-0.3, -0.25) is 4.79 Å². The molecule has 10 heteroatoms. The van der Waals surface area contributed by atoms with Gasteiger partial charge < -0.3 is 15.2 Å². The molecule has 0 unspecified atom stereocenters. The molecule has 0 bridgehead atoms. The van der Waals surface area contributed by atoms with Gasteiger partial charge in [0.1, 0.15) is 28.8 Å². The number of hydrogen-bond acceptors (Lipinski definition) is 5. The van der Waals surface area contributed by atoms with Gasteiger partial charge in [-0.2, -0.15) is 0 Å². The van der Waals surface area contributed by atoms with E-state index >= 15 is 0 Å². The van der Waals surface area contributed by atoms with Gasteiger partial charge in [0.15, 0.2) is 0 Å². The topological polar surface area (TPSA) is 106 Å². The number of carboxylic acid groups (broad SMARTS) is 1. The standard InChI is InChI=1S/C18H15Cl3N2O5/c19-8-16(24)22-13(5-10-1-3-12(4-2-10)17(25)26)18(27)28-9-11-6-14(20)23-15(21)7-11/h1-4,6-7,13H,5,8-9H2,(H,22,24)(H,25,26)/t13-/m0/s1. The predicted octanol–water partition coefficient (Wildman–Crippen LogP) is 3.10. The molecule has 2 N–H and O–H groups in total. The minimum absolute atomic E-state index is 0.0964. The Balaban J connectivity index is 2.08. The summed E-state index contributed by atoms with van der Waals surface area (Å²) >= 11 is 17.1. The number of esters is 1. The molecular weight excluding hydrogens is 431 g/mol. The molecular formula is C18H15Cl3N2O5. The van der Waals surface area contributed by atoms with Crippen molar-refractivity contribution in [1.82, 2.24) is 10.3 Å². The van der Waals surface area contributed by atoms with Crippen molar-refractivity contribution < 1.29 is 24.2 Å². The Kier molecular flexibility index (Phi) is 8.04. The molecule has 0 aliphatic heterocycles. The number of carbonyl (C=O) groups excluding carboxylic acids is 2. The summed E-state index contributed by atoms with van der Waals surface area (Å²) in [6.07, 6.45) is 0.0964. The van der Waals surface area contributed by atoms with Crippen molar-refractivity contribution in [1.29, 1.82) is 0 Å². The highest BCUT2D eigenvalue weighted by molar-refractivity contribution is 6.32. The molecule has 1 heterocycles. The molecule has 1 atom stereocenters. The van der Waals surface area contributed by atoms with E-state index < -0.39 is 23.9 Å². The second-order valence-electron chi connectivity index (χ2n) is 5.69. The Labute approximate surface area is 175 Å². The summed E-state index contributed by atoms with van der Waals surface area (Å²) in [4.78, 5) is 38.8. The molecule has 2 rings (SSSR count). The zero-order valence-corrected chi connectivity index (χ0v) is 16.6. The smallest absolute Gasteiger partial charge is 0.335 e. The number of rotatable bonds is 8. The third kappa shape index (κ3) is 6.67. The first-order chi connectivity index (χ1) is 13.3. The number of amides is 1. The van der Waals surface area contributed by atoms with E-state index in [0.29, 0.717) is 11.1 Å². The molecule has 1 aromatic heterocycles. The molecule has 0 aliphatic rings. The van der Waals surface area contributed by atoms with E-state index in [4.69, 9.17) is 44.6 Å². The number of carbonyl (C=O) groups is 3. The Bertz CT molecular complexity index is 854. The Morgan fingerprint density at radius 3 is 2.21 bits per heavy atom. The molecule has 1 amide bonds. The summed E-state index contributed by atoms with van der Waals surface area (Å²) in [7, 11) is 0. The van der Waals surface area contributed by atoms with Crippen LogP contribution < -0.4 is 5.32 Å². The zero-order chi connectivity index (χ0) is 20.7. The van der Waals surface area contributed by atoms with Crippen LogP contribution in [0.15, 0.2) is 36.4 Å². The van der Waals surface area contributed by atoms with E-state index in [1.54, 1.807) is 12.1 Å². The van der Waals surface area contributed by atoms with Gasteiger partial charge in [0.2, 0.25) is 5.91 Å². The van der Waals surface area contributed by atoms with Crippen LogP contribution >= 0.6 is 34.8 Å². The number of pyridine rings is 1. The van der Waals surface area contributed by atoms with Crippen LogP contribution in [0, 0.1) is 0 Å². The number of aromatic nitrogens is 1. The minimum atomic E-state index is -1.06. The van der Waals surface area contributed by atoms with Crippen LogP contribution in [0.2, 0.25) is 10.3 Å². The van der Waals surface area contributed by atoms with Crippen LogP contribution in [0.5, 0.6) is 0 Å². The van der Waals surface area contributed by atoms with Crippen LogP contribution in [-0.2, 0) is 27.4 Å². The van der Waals surface area contributed by atoms with Gasteiger partial charge in [-0.05, 0) is 35.4 Å². The van der Waals surface area contributed by atoms with E-state index in [2.05, 4.69) is 10.3 Å². The number of carboxylic acids is 1. The lowest BCUT2D eigenvalue weighted by Gasteiger charge is -2.17. The zero-order valence-electron chi connectivity index (χ0n) is 14.3. The first-order valence-corrected chi connectivity index (χ1v) is 9.23. The lowest BCUT2D eigenvalue weighted by atomic mass is 10.0. The Morgan fingerprint density at radius 1 is 1.07 bits per heavy atom. The minimum Gasteiger partial charge on any atom is -0.478 e. The first kappa shape index (κ1) is 21.9. The fourth-order valence-electron chi connectivity index (χ4n) is 2.30. The summed E-state index contributed by atoms with van der Waals surface area (Å²) in [6.45, 7) is -0.119. The number of hydrogen-bond donors (Lipinski definition) is 2. The van der Waals surface area contributed by atoms with Crippen LogP contribution in [0.1, 0.15) is 21.5 Å². The molecule has 0 saturated carbocycles. The summed E-state index contributed by atoms with van der Waals surface area (Å²) in [5.74, 6) is -2.62. The van der Waals surface area contributed by atoms with Crippen molar-refractivity contribution in [3.63, 3.8) is 0 Å². The van der Waals surface area contributed by atoms with Crippen LogP contribution in [0.25, 0.3) is 0 Å². The van der Waals surface area contributed by atoms with Crippen LogP contribution in [0.4, 0.5) is 0 Å². The maximum absolute atomic E-state index is 12.5. The average molecular weight is 446 g/mol. The number of nitrogens with zero attached hydrogens (tertiary/aromatic N) is 1. The second kappa shape index (κ2) is 10.3. The molecule has 7 nitrogen and oxygen atoms in total. The maximum Gasteiger partial charge on any atom is 0.335 e. The Hall–Kier alpha value is -2.35. The molecule has 0 radical (unpaired) electrons. The number of halogens is 3. The maximum atomic E-state index is 12.5. The lowest BCUT2D eigenvalue weighted by Crippen LogP contribution is -2.43. The van der Waals surface area contributed by atoms with Gasteiger partial charge in [0, 0.05) is 6.42 Å². The number of aromatic carboxylic acids is 1. The van der Waals surface area contributed by atoms with Crippen LogP contribution in [0.3, 0.4) is 0 Å². The largest absolute Gasteiger partial charge is 0.478 e. The number of benzene rings is 1. The predicted molar refractivity (Wildman–Crippen MR) is 104 cm³/mol. The molecule has 0 fully saturated rings. The highest BCUT2D eigenvalue weighted by Crippen LogP contribution is 2.16. The molecule has 0 spiro atoms. The van der Waals surface area contributed by atoms with E-state index in [1.807, 2.05) is 0 Å². The number of ether oxygens (including phenoxy) is 1. The van der Waals surface area contributed by atoms with Crippen molar-refractivity contribution in [3.05, 3.63) is 63.4 Å². The summed E-state index contributed by atoms with van der Waals surface area (Å²) < 4.78 is 5.24. The van der Waals surface area contributed by atoms with E-state index in [0.717, 1.165) is 0 Å². The summed E-state index contributed by atoms with van der Waals surface area (Å²) in [6, 6.07) is 7.91. The molecule has 0 aliphatic carbocycles. The normalized spacial score (nSPS) is 11.5. The molecule has 2 aromatic rings. The third-order valence-electron chi connectivity index (χ3n) is 3.59. The molecule has 1 aromatic carbocycles. The van der Waals surface area contributed by atoms with Crippen molar-refractivity contribution >= 4 is 52.6 Å².